The zero-order valence-corrected chi connectivity index (χ0v) is 15.8. The van der Waals surface area contributed by atoms with Crippen LogP contribution >= 0.6 is 47.0 Å². The third-order valence-corrected chi connectivity index (χ3v) is 8.60. The third-order valence-electron chi connectivity index (χ3n) is 3.45. The molecule has 5 radical (unpaired) electrons. The fourth-order valence-corrected chi connectivity index (χ4v) is 7.00. The lowest BCUT2D eigenvalue weighted by Gasteiger charge is -2.14. The smallest absolute Gasteiger partial charge is 0.0531 e. The Morgan fingerprint density at radius 3 is 1.76 bits per heavy atom. The second-order valence-corrected chi connectivity index (χ2v) is 10.5. The molecule has 4 heteroatoms. The fraction of sp³-hybridized carbons (Fsp3) is 0.235. The summed E-state index contributed by atoms with van der Waals surface area (Å²) in [7, 11) is 0. The van der Waals surface area contributed by atoms with E-state index in [4.69, 9.17) is 0 Å². The summed E-state index contributed by atoms with van der Waals surface area (Å²) < 4.78 is 2.80. The maximum Gasteiger partial charge on any atom is 0.0531 e. The van der Waals surface area contributed by atoms with E-state index in [1.165, 1.54) is 39.6 Å². The monoisotopic (exact) mass is 349 g/mol. The highest BCUT2D eigenvalue weighted by molar-refractivity contribution is 8.29. The first kappa shape index (κ1) is 16.2. The summed E-state index contributed by atoms with van der Waals surface area (Å²) >= 11 is 7.61. The van der Waals surface area contributed by atoms with Gasteiger partial charge in [0.15, 0.2) is 0 Å². The number of hydrogen-bond donors (Lipinski definition) is 0. The van der Waals surface area contributed by atoms with Crippen LogP contribution in [0.25, 0.3) is 0 Å². The molecule has 0 spiro atoms. The van der Waals surface area contributed by atoms with E-state index in [0.717, 1.165) is 0 Å². The van der Waals surface area contributed by atoms with Gasteiger partial charge in [0, 0.05) is 10.2 Å². The molecule has 0 unspecified atom stereocenters. The second-order valence-electron chi connectivity index (χ2n) is 4.97. The van der Waals surface area contributed by atoms with Crippen LogP contribution in [0.5, 0.6) is 0 Å². The van der Waals surface area contributed by atoms with Gasteiger partial charge in [-0.05, 0) is 84.6 Å². The van der Waals surface area contributed by atoms with Crippen LogP contribution in [-0.2, 0) is 0 Å². The first-order valence-electron chi connectivity index (χ1n) is 6.79. The Bertz CT molecular complexity index is 540. The molecule has 0 aromatic rings. The number of rotatable bonds is 2. The molecule has 109 valence electrons. The molecule has 0 amide bonds. The summed E-state index contributed by atoms with van der Waals surface area (Å²) in [5.74, 6) is 1.32. The summed E-state index contributed by atoms with van der Waals surface area (Å²) in [5.41, 5.74) is 1.36. The summed E-state index contributed by atoms with van der Waals surface area (Å²) in [5, 5.41) is 0. The van der Waals surface area contributed by atoms with Crippen molar-refractivity contribution in [3.63, 3.8) is 0 Å². The lowest BCUT2D eigenvalue weighted by molar-refractivity contribution is 1.30. The van der Waals surface area contributed by atoms with Gasteiger partial charge in [0.25, 0.3) is 0 Å². The van der Waals surface area contributed by atoms with E-state index in [1.807, 2.05) is 47.0 Å². The van der Waals surface area contributed by atoms with E-state index >= 15 is 0 Å². The molecule has 0 N–H and O–H groups in total. The lowest BCUT2D eigenvalue weighted by Crippen LogP contribution is -1.97. The van der Waals surface area contributed by atoms with Crippen LogP contribution in [0.3, 0.4) is 0 Å². The predicted molar refractivity (Wildman–Crippen MR) is 103 cm³/mol. The molecule has 2 heterocycles. The van der Waals surface area contributed by atoms with Gasteiger partial charge in [-0.3, -0.25) is 0 Å². The second kappa shape index (κ2) is 6.86. The molecule has 0 atom stereocenters. The van der Waals surface area contributed by atoms with Gasteiger partial charge in [-0.15, -0.1) is 0 Å². The third kappa shape index (κ3) is 3.65. The Morgan fingerprint density at radius 2 is 1.24 bits per heavy atom. The first-order valence-corrected chi connectivity index (χ1v) is 10.1. The number of hydrogen-bond acceptors (Lipinski definition) is 4. The largest absolute Gasteiger partial charge is 0.0867 e. The van der Waals surface area contributed by atoms with Gasteiger partial charge in [-0.2, -0.15) is 0 Å². The molecule has 3 rings (SSSR count). The van der Waals surface area contributed by atoms with Crippen molar-refractivity contribution in [2.45, 2.75) is 27.7 Å². The molecular formula is C17H17S4. The van der Waals surface area contributed by atoms with Crippen molar-refractivity contribution in [2.24, 2.45) is 0 Å². The molecule has 2 aliphatic heterocycles. The van der Waals surface area contributed by atoms with Crippen LogP contribution in [0.1, 0.15) is 27.7 Å². The Labute approximate surface area is 145 Å². The number of allylic oxidation sites excluding steroid dienone is 6. The highest BCUT2D eigenvalue weighted by Crippen LogP contribution is 2.55. The van der Waals surface area contributed by atoms with Crippen molar-refractivity contribution in [3.05, 3.63) is 71.3 Å². The van der Waals surface area contributed by atoms with Crippen LogP contribution in [-0.4, -0.2) is 0 Å². The van der Waals surface area contributed by atoms with E-state index in [0.29, 0.717) is 0 Å². The van der Waals surface area contributed by atoms with E-state index in [2.05, 4.69) is 59.5 Å². The first-order chi connectivity index (χ1) is 10.0. The van der Waals surface area contributed by atoms with Crippen LogP contribution in [0.4, 0.5) is 0 Å². The Kier molecular flexibility index (Phi) is 5.30. The number of thioether (sulfide) groups is 4. The SMILES string of the molecule is CC1=C(C)SC(=CC([C]2[CH][CH][CH][CH]2)=C2SC(C)=C(C)S2)S1. The Balaban J connectivity index is 1.88. The van der Waals surface area contributed by atoms with Crippen molar-refractivity contribution >= 4 is 47.0 Å². The molecule has 0 nitrogen and oxygen atoms in total. The standard InChI is InChI=1S/C17H17S4/c1-10-11(2)19-16(18-10)9-15(14-7-5-6-8-14)17-20-12(3)13(4)21-17/h5-9H,1-4H3. The topological polar surface area (TPSA) is 0 Å². The van der Waals surface area contributed by atoms with Gasteiger partial charge in [-0.1, -0.05) is 47.0 Å². The van der Waals surface area contributed by atoms with Crippen LogP contribution < -0.4 is 0 Å². The molecule has 0 aromatic carbocycles. The van der Waals surface area contributed by atoms with Crippen LogP contribution in [0.2, 0.25) is 0 Å². The highest BCUT2D eigenvalue weighted by atomic mass is 32.2. The average Bonchev–Trinajstić information content (AvgIpc) is 3.12. The summed E-state index contributed by atoms with van der Waals surface area (Å²) in [6.07, 6.45) is 11.0. The van der Waals surface area contributed by atoms with E-state index in [-0.39, 0.29) is 0 Å². The molecule has 0 aromatic heterocycles. The average molecular weight is 350 g/mol. The van der Waals surface area contributed by atoms with Crippen molar-refractivity contribution < 1.29 is 0 Å². The van der Waals surface area contributed by atoms with Crippen molar-refractivity contribution in [2.75, 3.05) is 0 Å². The Morgan fingerprint density at radius 1 is 0.762 bits per heavy atom. The maximum atomic E-state index is 2.37. The van der Waals surface area contributed by atoms with Crippen LogP contribution in [0.15, 0.2) is 39.7 Å². The highest BCUT2D eigenvalue weighted by Gasteiger charge is 2.27. The zero-order chi connectivity index (χ0) is 15.0. The summed E-state index contributed by atoms with van der Waals surface area (Å²) in [6, 6.07) is 0. The molecule has 0 saturated heterocycles. The van der Waals surface area contributed by atoms with E-state index in [1.54, 1.807) is 0 Å². The fourth-order valence-electron chi connectivity index (χ4n) is 2.01. The minimum Gasteiger partial charge on any atom is -0.0867 e. The Hall–Kier alpha value is 0.360. The minimum absolute atomic E-state index is 1.32. The molecule has 1 saturated carbocycles. The maximum absolute atomic E-state index is 2.37. The van der Waals surface area contributed by atoms with Crippen molar-refractivity contribution in [1.29, 1.82) is 0 Å². The van der Waals surface area contributed by atoms with Crippen molar-refractivity contribution in [3.8, 4) is 0 Å². The lowest BCUT2D eigenvalue weighted by atomic mass is 9.99. The van der Waals surface area contributed by atoms with Crippen molar-refractivity contribution in [1.82, 2.24) is 0 Å². The molecule has 21 heavy (non-hydrogen) atoms. The van der Waals surface area contributed by atoms with Gasteiger partial charge >= 0.3 is 0 Å². The van der Waals surface area contributed by atoms with E-state index in [9.17, 15) is 0 Å². The summed E-state index contributed by atoms with van der Waals surface area (Å²) in [6.45, 7) is 8.84. The van der Waals surface area contributed by atoms with Gasteiger partial charge < -0.3 is 0 Å². The molecule has 1 fully saturated rings. The molecule has 1 aliphatic carbocycles. The van der Waals surface area contributed by atoms with Gasteiger partial charge in [0.1, 0.15) is 0 Å². The quantitative estimate of drug-likeness (QED) is 0.531. The molecule has 3 aliphatic rings. The molecular weight excluding hydrogens is 332 g/mol. The van der Waals surface area contributed by atoms with E-state index < -0.39 is 0 Å². The summed E-state index contributed by atoms with van der Waals surface area (Å²) in [4.78, 5) is 5.70. The zero-order valence-electron chi connectivity index (χ0n) is 12.5. The van der Waals surface area contributed by atoms with Gasteiger partial charge in [0.05, 0.1) is 4.24 Å². The minimum atomic E-state index is 1.32. The van der Waals surface area contributed by atoms with Gasteiger partial charge in [0.2, 0.25) is 0 Å². The normalized spacial score (nSPS) is 23.8. The predicted octanol–water partition coefficient (Wildman–Crippen LogP) is 6.91. The van der Waals surface area contributed by atoms with Crippen LogP contribution in [0, 0.1) is 31.6 Å². The van der Waals surface area contributed by atoms with Gasteiger partial charge in [-0.25, -0.2) is 0 Å². The molecule has 0 bridgehead atoms.